The molecule has 130 valence electrons. The monoisotopic (exact) mass is 340 g/mol. The number of nitrogens with zero attached hydrogens (tertiary/aromatic N) is 1. The van der Waals surface area contributed by atoms with Gasteiger partial charge in [0.1, 0.15) is 12.4 Å². The van der Waals surface area contributed by atoms with E-state index >= 15 is 0 Å². The van der Waals surface area contributed by atoms with Crippen LogP contribution in [-0.2, 0) is 21.6 Å². The first-order chi connectivity index (χ1) is 12.1. The summed E-state index contributed by atoms with van der Waals surface area (Å²) in [5, 5.41) is 2.96. The summed E-state index contributed by atoms with van der Waals surface area (Å²) in [6, 6.07) is 11.1. The van der Waals surface area contributed by atoms with Gasteiger partial charge in [0.05, 0.1) is 5.41 Å². The zero-order valence-electron chi connectivity index (χ0n) is 14.1. The minimum absolute atomic E-state index is 0.0225. The zero-order valence-corrected chi connectivity index (χ0v) is 14.1. The third kappa shape index (κ3) is 2.53. The van der Waals surface area contributed by atoms with Crippen molar-refractivity contribution in [2.45, 2.75) is 24.9 Å². The van der Waals surface area contributed by atoms with Crippen molar-refractivity contribution in [3.8, 4) is 0 Å². The van der Waals surface area contributed by atoms with E-state index in [0.29, 0.717) is 25.5 Å². The number of carbonyl (C=O) groups excluding carboxylic acids is 2. The van der Waals surface area contributed by atoms with Gasteiger partial charge in [0.25, 0.3) is 5.91 Å². The second-order valence-corrected chi connectivity index (χ2v) is 6.61. The van der Waals surface area contributed by atoms with Crippen molar-refractivity contribution in [3.05, 3.63) is 53.5 Å². The second-order valence-electron chi connectivity index (χ2n) is 6.61. The minimum atomic E-state index is -0.660. The molecule has 6 nitrogen and oxygen atoms in total. The number of fused-ring (bicyclic) bond motifs is 2. The molecule has 6 heteroatoms. The Morgan fingerprint density at radius 2 is 2.16 bits per heavy atom. The third-order valence-electron chi connectivity index (χ3n) is 5.06. The fourth-order valence-corrected chi connectivity index (χ4v) is 3.88. The highest BCUT2D eigenvalue weighted by Crippen LogP contribution is 2.43. The number of likely N-dealkylation sites (tertiary alicyclic amines) is 1. The van der Waals surface area contributed by atoms with Crippen molar-refractivity contribution in [2.24, 2.45) is 0 Å². The van der Waals surface area contributed by atoms with Gasteiger partial charge in [-0.3, -0.25) is 9.59 Å². The van der Waals surface area contributed by atoms with Crippen molar-refractivity contribution in [1.82, 2.24) is 4.90 Å². The van der Waals surface area contributed by atoms with Crippen molar-refractivity contribution in [2.75, 3.05) is 25.5 Å². The standard InChI is InChI=1S/C19H20N2O4/c1-24-11-13-7-8-16(25-13)17(22)21-10-4-9-19(12-21)14-5-2-3-6-15(14)20-18(19)23/h2-3,5-8H,4,9-12H2,1H3,(H,20,23)/t19-/m0/s1. The fraction of sp³-hybridized carbons (Fsp3) is 0.368. The number of rotatable bonds is 3. The molecule has 2 amide bonds. The molecule has 0 radical (unpaired) electrons. The lowest BCUT2D eigenvalue weighted by molar-refractivity contribution is -0.122. The Morgan fingerprint density at radius 3 is 3.00 bits per heavy atom. The second kappa shape index (κ2) is 6.04. The number of anilines is 1. The summed E-state index contributed by atoms with van der Waals surface area (Å²) in [7, 11) is 1.58. The van der Waals surface area contributed by atoms with E-state index in [4.69, 9.17) is 9.15 Å². The van der Waals surface area contributed by atoms with Crippen LogP contribution in [0.1, 0.15) is 34.7 Å². The van der Waals surface area contributed by atoms with Gasteiger partial charge in [-0.15, -0.1) is 0 Å². The summed E-state index contributed by atoms with van der Waals surface area (Å²) in [4.78, 5) is 27.3. The number of para-hydroxylation sites is 1. The van der Waals surface area contributed by atoms with Crippen LogP contribution in [0.25, 0.3) is 0 Å². The molecule has 1 N–H and O–H groups in total. The maximum atomic E-state index is 12.8. The summed E-state index contributed by atoms with van der Waals surface area (Å²) in [5.41, 5.74) is 1.17. The number of piperidine rings is 1. The summed E-state index contributed by atoms with van der Waals surface area (Å²) >= 11 is 0. The van der Waals surface area contributed by atoms with Gasteiger partial charge in [0, 0.05) is 25.9 Å². The number of hydrogen-bond acceptors (Lipinski definition) is 4. The van der Waals surface area contributed by atoms with Crippen LogP contribution in [0, 0.1) is 0 Å². The molecule has 1 spiro atoms. The maximum Gasteiger partial charge on any atom is 0.289 e. The minimum Gasteiger partial charge on any atom is -0.453 e. The van der Waals surface area contributed by atoms with Crippen LogP contribution in [-0.4, -0.2) is 36.9 Å². The molecule has 1 saturated heterocycles. The predicted octanol–water partition coefficient (Wildman–Crippen LogP) is 2.55. The van der Waals surface area contributed by atoms with E-state index in [-0.39, 0.29) is 17.6 Å². The average molecular weight is 340 g/mol. The van der Waals surface area contributed by atoms with Crippen LogP contribution in [0.2, 0.25) is 0 Å². The predicted molar refractivity (Wildman–Crippen MR) is 91.3 cm³/mol. The van der Waals surface area contributed by atoms with E-state index in [1.165, 1.54) is 0 Å². The van der Waals surface area contributed by atoms with Crippen molar-refractivity contribution in [1.29, 1.82) is 0 Å². The Bertz CT molecular complexity index is 828. The smallest absolute Gasteiger partial charge is 0.289 e. The van der Waals surface area contributed by atoms with E-state index in [9.17, 15) is 9.59 Å². The summed E-state index contributed by atoms with van der Waals surface area (Å²) in [6.45, 7) is 1.32. The van der Waals surface area contributed by atoms with Crippen LogP contribution in [0.5, 0.6) is 0 Å². The first-order valence-electron chi connectivity index (χ1n) is 8.42. The largest absolute Gasteiger partial charge is 0.453 e. The van der Waals surface area contributed by atoms with E-state index < -0.39 is 5.41 Å². The number of amides is 2. The first kappa shape index (κ1) is 15.9. The molecule has 2 aliphatic rings. The van der Waals surface area contributed by atoms with E-state index in [0.717, 1.165) is 24.1 Å². The van der Waals surface area contributed by atoms with E-state index in [2.05, 4.69) is 5.32 Å². The number of carbonyl (C=O) groups is 2. The quantitative estimate of drug-likeness (QED) is 0.932. The van der Waals surface area contributed by atoms with E-state index in [1.807, 2.05) is 24.3 Å². The van der Waals surface area contributed by atoms with Gasteiger partial charge in [0.2, 0.25) is 5.91 Å². The number of furan rings is 1. The molecule has 2 aliphatic heterocycles. The van der Waals surface area contributed by atoms with Crippen LogP contribution in [0.15, 0.2) is 40.8 Å². The highest BCUT2D eigenvalue weighted by molar-refractivity contribution is 6.07. The van der Waals surface area contributed by atoms with Crippen LogP contribution in [0.4, 0.5) is 5.69 Å². The highest BCUT2D eigenvalue weighted by Gasteiger charge is 2.50. The van der Waals surface area contributed by atoms with Crippen molar-refractivity contribution in [3.63, 3.8) is 0 Å². The normalized spacial score (nSPS) is 22.1. The number of ether oxygens (including phenoxy) is 1. The average Bonchev–Trinajstić information content (AvgIpc) is 3.19. The number of benzene rings is 1. The maximum absolute atomic E-state index is 12.8. The van der Waals surface area contributed by atoms with Gasteiger partial charge in [-0.1, -0.05) is 18.2 Å². The number of nitrogens with one attached hydrogen (secondary N) is 1. The highest BCUT2D eigenvalue weighted by atomic mass is 16.5. The number of hydrogen-bond donors (Lipinski definition) is 1. The van der Waals surface area contributed by atoms with Gasteiger partial charge >= 0.3 is 0 Å². The third-order valence-corrected chi connectivity index (χ3v) is 5.06. The van der Waals surface area contributed by atoms with E-state index in [1.54, 1.807) is 24.1 Å². The summed E-state index contributed by atoms with van der Waals surface area (Å²) in [5.74, 6) is 0.696. The lowest BCUT2D eigenvalue weighted by Crippen LogP contribution is -2.51. The van der Waals surface area contributed by atoms with Gasteiger partial charge in [-0.2, -0.15) is 0 Å². The van der Waals surface area contributed by atoms with Gasteiger partial charge in [-0.05, 0) is 36.6 Å². The molecule has 1 fully saturated rings. The molecule has 1 atom stereocenters. The Balaban J connectivity index is 1.61. The lowest BCUT2D eigenvalue weighted by Gasteiger charge is -2.38. The van der Waals surface area contributed by atoms with Gasteiger partial charge < -0.3 is 19.4 Å². The van der Waals surface area contributed by atoms with Crippen molar-refractivity contribution < 1.29 is 18.7 Å². The fourth-order valence-electron chi connectivity index (χ4n) is 3.88. The molecule has 0 bridgehead atoms. The van der Waals surface area contributed by atoms with Crippen LogP contribution < -0.4 is 5.32 Å². The number of methoxy groups -OCH3 is 1. The Kier molecular flexibility index (Phi) is 3.84. The molecule has 3 heterocycles. The summed E-state index contributed by atoms with van der Waals surface area (Å²) in [6.07, 6.45) is 1.52. The molecule has 0 saturated carbocycles. The van der Waals surface area contributed by atoms with Crippen molar-refractivity contribution >= 4 is 17.5 Å². The Hall–Kier alpha value is -2.60. The lowest BCUT2D eigenvalue weighted by atomic mass is 9.75. The topological polar surface area (TPSA) is 71.8 Å². The van der Waals surface area contributed by atoms with Gasteiger partial charge in [-0.25, -0.2) is 0 Å². The molecule has 4 rings (SSSR count). The molecular formula is C19H20N2O4. The zero-order chi connectivity index (χ0) is 17.4. The Labute approximate surface area is 145 Å². The molecule has 1 aromatic heterocycles. The SMILES string of the molecule is COCc1ccc(C(=O)N2CCC[C@@]3(C2)C(=O)Nc2ccccc23)o1. The molecular weight excluding hydrogens is 320 g/mol. The molecule has 1 aromatic carbocycles. The molecule has 2 aromatic rings. The van der Waals surface area contributed by atoms with Crippen LogP contribution in [0.3, 0.4) is 0 Å². The molecule has 0 unspecified atom stereocenters. The molecule has 25 heavy (non-hydrogen) atoms. The van der Waals surface area contributed by atoms with Gasteiger partial charge in [0.15, 0.2) is 5.76 Å². The summed E-state index contributed by atoms with van der Waals surface area (Å²) < 4.78 is 10.6. The molecule has 0 aliphatic carbocycles. The van der Waals surface area contributed by atoms with Crippen LogP contribution >= 0.6 is 0 Å². The first-order valence-corrected chi connectivity index (χ1v) is 8.42. The Morgan fingerprint density at radius 1 is 1.32 bits per heavy atom.